The Morgan fingerprint density at radius 3 is 2.33 bits per heavy atom. The van der Waals surface area contributed by atoms with E-state index < -0.39 is 0 Å². The number of quaternary nitrogens is 1. The summed E-state index contributed by atoms with van der Waals surface area (Å²) in [7, 11) is 4.21. The molecule has 1 heteroatoms. The van der Waals surface area contributed by atoms with Gasteiger partial charge in [0.15, 0.2) is 0 Å². The molecular weight excluding hydrogens is 146 g/mol. The van der Waals surface area contributed by atoms with Gasteiger partial charge in [-0.3, -0.25) is 4.48 Å². The smallest absolute Gasteiger partial charge is 0.144 e. The maximum atomic E-state index is 5.29. The second kappa shape index (κ2) is 3.42. The standard InChI is InChI=1S/C11H14N/c1-4-10-12(2,3)11-8-6-5-7-9-11/h1,5-9H,10H2,2-3H3/q+1. The van der Waals surface area contributed by atoms with Crippen LogP contribution in [0.25, 0.3) is 0 Å². The van der Waals surface area contributed by atoms with Crippen LogP contribution < -0.4 is 4.48 Å². The van der Waals surface area contributed by atoms with Crippen LogP contribution in [0.15, 0.2) is 30.3 Å². The van der Waals surface area contributed by atoms with Crippen LogP contribution in [0.5, 0.6) is 0 Å². The van der Waals surface area contributed by atoms with Gasteiger partial charge in [-0.2, -0.15) is 0 Å². The van der Waals surface area contributed by atoms with E-state index in [1.165, 1.54) is 5.69 Å². The zero-order valence-electron chi connectivity index (χ0n) is 7.62. The topological polar surface area (TPSA) is 0 Å². The predicted octanol–water partition coefficient (Wildman–Crippen LogP) is 1.89. The normalized spacial score (nSPS) is 10.8. The van der Waals surface area contributed by atoms with Crippen molar-refractivity contribution in [2.75, 3.05) is 20.6 Å². The number of terminal acetylenes is 1. The molecule has 0 unspecified atom stereocenters. The third kappa shape index (κ3) is 1.87. The molecule has 1 rings (SSSR count). The highest BCUT2D eigenvalue weighted by Crippen LogP contribution is 2.16. The first-order valence-electron chi connectivity index (χ1n) is 3.99. The lowest BCUT2D eigenvalue weighted by Gasteiger charge is -2.26. The van der Waals surface area contributed by atoms with E-state index in [1.807, 2.05) is 18.2 Å². The fraction of sp³-hybridized carbons (Fsp3) is 0.273. The summed E-state index contributed by atoms with van der Waals surface area (Å²) in [5.74, 6) is 2.68. The van der Waals surface area contributed by atoms with Crippen LogP contribution >= 0.6 is 0 Å². The summed E-state index contributed by atoms with van der Waals surface area (Å²) in [5, 5.41) is 0. The highest BCUT2D eigenvalue weighted by molar-refractivity contribution is 5.41. The molecule has 0 saturated heterocycles. The van der Waals surface area contributed by atoms with Gasteiger partial charge in [-0.15, -0.1) is 6.42 Å². The van der Waals surface area contributed by atoms with Gasteiger partial charge >= 0.3 is 0 Å². The van der Waals surface area contributed by atoms with Crippen LogP contribution in [0.2, 0.25) is 0 Å². The molecule has 62 valence electrons. The summed E-state index contributed by atoms with van der Waals surface area (Å²) in [6.45, 7) is 0.726. The quantitative estimate of drug-likeness (QED) is 0.458. The fourth-order valence-electron chi connectivity index (χ4n) is 1.15. The largest absolute Gasteiger partial charge is 0.286 e. The van der Waals surface area contributed by atoms with E-state index >= 15 is 0 Å². The fourth-order valence-corrected chi connectivity index (χ4v) is 1.15. The zero-order valence-corrected chi connectivity index (χ0v) is 7.62. The van der Waals surface area contributed by atoms with Gasteiger partial charge in [-0.05, 0) is 18.1 Å². The number of para-hydroxylation sites is 1. The molecule has 0 fully saturated rings. The van der Waals surface area contributed by atoms with Gasteiger partial charge in [0.05, 0.1) is 14.1 Å². The SMILES string of the molecule is C#CC[N+](C)(C)c1ccccc1. The second-order valence-electron chi connectivity index (χ2n) is 3.38. The van der Waals surface area contributed by atoms with Gasteiger partial charge in [0.2, 0.25) is 0 Å². The van der Waals surface area contributed by atoms with Gasteiger partial charge < -0.3 is 0 Å². The predicted molar refractivity (Wildman–Crippen MR) is 53.8 cm³/mol. The molecule has 0 atom stereocenters. The van der Waals surface area contributed by atoms with Gasteiger partial charge in [0.25, 0.3) is 0 Å². The minimum atomic E-state index is 0.726. The molecule has 0 saturated carbocycles. The number of hydrogen-bond donors (Lipinski definition) is 0. The summed E-state index contributed by atoms with van der Waals surface area (Å²) in [6.07, 6.45) is 5.29. The third-order valence-electron chi connectivity index (χ3n) is 1.94. The molecule has 0 aliphatic heterocycles. The van der Waals surface area contributed by atoms with Crippen LogP contribution in [0, 0.1) is 12.3 Å². The first-order chi connectivity index (χ1) is 5.67. The molecule has 0 bridgehead atoms. The minimum Gasteiger partial charge on any atom is -0.286 e. The van der Waals surface area contributed by atoms with Crippen LogP contribution in [0.4, 0.5) is 5.69 Å². The number of hydrogen-bond acceptors (Lipinski definition) is 0. The lowest BCUT2D eigenvalue weighted by atomic mass is 10.2. The third-order valence-corrected chi connectivity index (χ3v) is 1.94. The van der Waals surface area contributed by atoms with Gasteiger partial charge in [0, 0.05) is 0 Å². The van der Waals surface area contributed by atoms with E-state index in [1.54, 1.807) is 0 Å². The van der Waals surface area contributed by atoms with E-state index in [0.717, 1.165) is 11.0 Å². The Labute approximate surface area is 74.2 Å². The summed E-state index contributed by atoms with van der Waals surface area (Å²) in [4.78, 5) is 0. The van der Waals surface area contributed by atoms with Gasteiger partial charge in [0.1, 0.15) is 12.2 Å². The Morgan fingerprint density at radius 1 is 1.25 bits per heavy atom. The van der Waals surface area contributed by atoms with Crippen molar-refractivity contribution in [2.24, 2.45) is 0 Å². The first-order valence-corrected chi connectivity index (χ1v) is 3.99. The van der Waals surface area contributed by atoms with Crippen LogP contribution in [0.3, 0.4) is 0 Å². The zero-order chi connectivity index (χ0) is 9.03. The summed E-state index contributed by atoms with van der Waals surface area (Å²) in [5.41, 5.74) is 1.25. The maximum Gasteiger partial charge on any atom is 0.144 e. The Morgan fingerprint density at radius 2 is 1.83 bits per heavy atom. The molecule has 0 amide bonds. The molecule has 12 heavy (non-hydrogen) atoms. The van der Waals surface area contributed by atoms with Gasteiger partial charge in [-0.1, -0.05) is 18.2 Å². The Hall–Kier alpha value is -1.26. The van der Waals surface area contributed by atoms with Crippen LogP contribution in [-0.4, -0.2) is 20.6 Å². The highest BCUT2D eigenvalue weighted by atomic mass is 15.3. The molecule has 0 spiro atoms. The van der Waals surface area contributed by atoms with E-state index in [4.69, 9.17) is 6.42 Å². The lowest BCUT2D eigenvalue weighted by Crippen LogP contribution is -2.40. The molecule has 0 aliphatic rings. The lowest BCUT2D eigenvalue weighted by molar-refractivity contribution is 0.448. The van der Waals surface area contributed by atoms with E-state index in [-0.39, 0.29) is 0 Å². The number of nitrogens with zero attached hydrogens (tertiary/aromatic N) is 1. The van der Waals surface area contributed by atoms with Crippen molar-refractivity contribution < 1.29 is 0 Å². The first kappa shape index (κ1) is 8.83. The van der Waals surface area contributed by atoms with Gasteiger partial charge in [-0.25, -0.2) is 0 Å². The maximum absolute atomic E-state index is 5.29. The Kier molecular flexibility index (Phi) is 2.52. The Bertz CT molecular complexity index is 280. The monoisotopic (exact) mass is 160 g/mol. The highest BCUT2D eigenvalue weighted by Gasteiger charge is 2.15. The van der Waals surface area contributed by atoms with Crippen molar-refractivity contribution in [3.63, 3.8) is 0 Å². The Balaban J connectivity index is 2.91. The number of benzene rings is 1. The van der Waals surface area contributed by atoms with E-state index in [0.29, 0.717) is 0 Å². The average molecular weight is 160 g/mol. The summed E-state index contributed by atoms with van der Waals surface area (Å²) in [6, 6.07) is 10.3. The van der Waals surface area contributed by atoms with Crippen molar-refractivity contribution in [3.05, 3.63) is 30.3 Å². The minimum absolute atomic E-state index is 0.726. The molecule has 0 radical (unpaired) electrons. The molecule has 1 nitrogen and oxygen atoms in total. The van der Waals surface area contributed by atoms with Crippen molar-refractivity contribution in [1.29, 1.82) is 0 Å². The molecule has 0 aliphatic carbocycles. The van der Waals surface area contributed by atoms with Crippen molar-refractivity contribution in [1.82, 2.24) is 4.48 Å². The van der Waals surface area contributed by atoms with Crippen LogP contribution in [-0.2, 0) is 0 Å². The van der Waals surface area contributed by atoms with E-state index in [2.05, 4.69) is 32.1 Å². The summed E-state index contributed by atoms with van der Waals surface area (Å²) < 4.78 is 0.747. The molecule has 0 heterocycles. The van der Waals surface area contributed by atoms with Crippen molar-refractivity contribution >= 4 is 5.69 Å². The second-order valence-corrected chi connectivity index (χ2v) is 3.38. The van der Waals surface area contributed by atoms with Crippen molar-refractivity contribution in [3.8, 4) is 12.3 Å². The van der Waals surface area contributed by atoms with E-state index in [9.17, 15) is 0 Å². The van der Waals surface area contributed by atoms with Crippen molar-refractivity contribution in [2.45, 2.75) is 0 Å². The average Bonchev–Trinajstić information content (AvgIpc) is 2.06. The summed E-state index contributed by atoms with van der Waals surface area (Å²) >= 11 is 0. The molecular formula is C11H14N+. The molecule has 1 aromatic rings. The number of rotatable bonds is 2. The molecule has 1 aromatic carbocycles. The van der Waals surface area contributed by atoms with Crippen LogP contribution in [0.1, 0.15) is 0 Å². The molecule has 0 N–H and O–H groups in total. The molecule has 0 aromatic heterocycles.